The predicted molar refractivity (Wildman–Crippen MR) is 120 cm³/mol. The van der Waals surface area contributed by atoms with Gasteiger partial charge in [0.15, 0.2) is 0 Å². The van der Waals surface area contributed by atoms with Gasteiger partial charge in [0.2, 0.25) is 0 Å². The smallest absolute Gasteiger partial charge is 0.255 e. The minimum absolute atomic E-state index is 0.142. The molecule has 1 N–H and O–H groups in total. The van der Waals surface area contributed by atoms with Gasteiger partial charge in [-0.2, -0.15) is 0 Å². The minimum atomic E-state index is -0.142. The van der Waals surface area contributed by atoms with Crippen LogP contribution in [0.5, 0.6) is 5.75 Å². The van der Waals surface area contributed by atoms with Crippen molar-refractivity contribution < 1.29 is 9.53 Å². The van der Waals surface area contributed by atoms with Crippen molar-refractivity contribution in [2.45, 2.75) is 51.1 Å². The summed E-state index contributed by atoms with van der Waals surface area (Å²) in [6.45, 7) is 4.90. The number of nitrogens with one attached hydrogen (secondary N) is 1. The SMILES string of the molecule is CCCCOc1ccc(C(=O)Nc2ccc(N3CCC(N(C)C4CC4)C3)nc2)cc1. The molecule has 6 heteroatoms. The van der Waals surface area contributed by atoms with Crippen LogP contribution < -0.4 is 15.0 Å². The van der Waals surface area contributed by atoms with E-state index in [9.17, 15) is 4.79 Å². The lowest BCUT2D eigenvalue weighted by Gasteiger charge is -2.24. The van der Waals surface area contributed by atoms with Crippen molar-refractivity contribution in [3.8, 4) is 5.75 Å². The van der Waals surface area contributed by atoms with Gasteiger partial charge in [-0.15, -0.1) is 0 Å². The molecule has 6 nitrogen and oxygen atoms in total. The summed E-state index contributed by atoms with van der Waals surface area (Å²) < 4.78 is 5.65. The molecule has 0 bridgehead atoms. The van der Waals surface area contributed by atoms with Crippen LogP contribution in [0, 0.1) is 0 Å². The number of anilines is 2. The average molecular weight is 409 g/mol. The highest BCUT2D eigenvalue weighted by molar-refractivity contribution is 6.04. The summed E-state index contributed by atoms with van der Waals surface area (Å²) in [4.78, 5) is 22.0. The van der Waals surface area contributed by atoms with E-state index >= 15 is 0 Å². The first-order chi connectivity index (χ1) is 14.6. The molecule has 2 fully saturated rings. The van der Waals surface area contributed by atoms with Crippen LogP contribution >= 0.6 is 0 Å². The highest BCUT2D eigenvalue weighted by Gasteiger charge is 2.34. The fourth-order valence-electron chi connectivity index (χ4n) is 3.95. The van der Waals surface area contributed by atoms with Crippen molar-refractivity contribution in [1.29, 1.82) is 0 Å². The van der Waals surface area contributed by atoms with Crippen molar-refractivity contribution >= 4 is 17.4 Å². The Bertz CT molecular complexity index is 833. The number of ether oxygens (including phenoxy) is 1. The van der Waals surface area contributed by atoms with Gasteiger partial charge in [0.25, 0.3) is 5.91 Å². The third-order valence-electron chi connectivity index (χ3n) is 6.08. The highest BCUT2D eigenvalue weighted by Crippen LogP contribution is 2.31. The number of hydrogen-bond acceptors (Lipinski definition) is 5. The van der Waals surface area contributed by atoms with Gasteiger partial charge in [0.05, 0.1) is 18.5 Å². The molecule has 1 aliphatic carbocycles. The van der Waals surface area contributed by atoms with E-state index in [1.165, 1.54) is 19.3 Å². The second kappa shape index (κ2) is 9.47. The first kappa shape index (κ1) is 20.7. The molecule has 1 aromatic heterocycles. The molecule has 4 rings (SSSR count). The largest absolute Gasteiger partial charge is 0.494 e. The molecule has 1 atom stereocenters. The van der Waals surface area contributed by atoms with E-state index < -0.39 is 0 Å². The zero-order valence-corrected chi connectivity index (χ0v) is 18.0. The molecule has 1 saturated carbocycles. The maximum atomic E-state index is 12.5. The zero-order valence-electron chi connectivity index (χ0n) is 18.0. The molecule has 30 heavy (non-hydrogen) atoms. The number of unbranched alkanes of at least 4 members (excludes halogenated alkanes) is 1. The van der Waals surface area contributed by atoms with Crippen LogP contribution in [0.1, 0.15) is 49.4 Å². The Morgan fingerprint density at radius 3 is 2.63 bits per heavy atom. The lowest BCUT2D eigenvalue weighted by Crippen LogP contribution is -2.36. The van der Waals surface area contributed by atoms with E-state index in [0.717, 1.165) is 43.5 Å². The van der Waals surface area contributed by atoms with E-state index in [4.69, 9.17) is 4.74 Å². The molecule has 2 heterocycles. The molecule has 160 valence electrons. The lowest BCUT2D eigenvalue weighted by atomic mass is 10.2. The van der Waals surface area contributed by atoms with E-state index in [0.29, 0.717) is 23.9 Å². The van der Waals surface area contributed by atoms with Crippen molar-refractivity contribution in [2.75, 3.05) is 37.0 Å². The summed E-state index contributed by atoms with van der Waals surface area (Å²) in [5.41, 5.74) is 1.31. The molecule has 1 aliphatic heterocycles. The van der Waals surface area contributed by atoms with Gasteiger partial charge in [-0.1, -0.05) is 13.3 Å². The maximum absolute atomic E-state index is 12.5. The monoisotopic (exact) mass is 408 g/mol. The number of rotatable bonds is 9. The van der Waals surface area contributed by atoms with Crippen molar-refractivity contribution in [2.24, 2.45) is 0 Å². The zero-order chi connectivity index (χ0) is 20.9. The van der Waals surface area contributed by atoms with Gasteiger partial charge in [-0.25, -0.2) is 4.98 Å². The third kappa shape index (κ3) is 5.11. The van der Waals surface area contributed by atoms with Crippen LogP contribution in [0.15, 0.2) is 42.6 Å². The Morgan fingerprint density at radius 2 is 1.97 bits per heavy atom. The Labute approximate surface area is 179 Å². The Morgan fingerprint density at radius 1 is 1.17 bits per heavy atom. The number of hydrogen-bond donors (Lipinski definition) is 1. The summed E-state index contributed by atoms with van der Waals surface area (Å²) in [6.07, 6.45) is 7.74. The average Bonchev–Trinajstić information content (AvgIpc) is 3.51. The second-order valence-electron chi connectivity index (χ2n) is 8.37. The van der Waals surface area contributed by atoms with Crippen molar-refractivity contribution in [3.05, 3.63) is 48.2 Å². The summed E-state index contributed by atoms with van der Waals surface area (Å²) in [6, 6.07) is 12.6. The van der Waals surface area contributed by atoms with Crippen LogP contribution in [0.3, 0.4) is 0 Å². The first-order valence-electron chi connectivity index (χ1n) is 11.1. The van der Waals surface area contributed by atoms with Gasteiger partial charge in [0.1, 0.15) is 11.6 Å². The fourth-order valence-corrected chi connectivity index (χ4v) is 3.95. The molecule has 1 unspecified atom stereocenters. The van der Waals surface area contributed by atoms with E-state index in [2.05, 4.69) is 34.1 Å². The third-order valence-corrected chi connectivity index (χ3v) is 6.08. The standard InChI is InChI=1S/C24H32N4O2/c1-3-4-15-30-22-10-5-18(6-11-22)24(29)26-19-7-12-23(25-16-19)28-14-13-21(17-28)27(2)20-8-9-20/h5-7,10-12,16,20-21H,3-4,8-9,13-15,17H2,1-2H3,(H,26,29). The molecule has 2 aliphatic rings. The summed E-state index contributed by atoms with van der Waals surface area (Å²) in [5, 5.41) is 2.93. The summed E-state index contributed by atoms with van der Waals surface area (Å²) in [5.74, 6) is 1.63. The molecule has 1 saturated heterocycles. The number of carbonyl (C=O) groups excluding carboxylic acids is 1. The predicted octanol–water partition coefficient (Wildman–Crippen LogP) is 4.19. The molecule has 0 radical (unpaired) electrons. The molecular weight excluding hydrogens is 376 g/mol. The van der Waals surface area contributed by atoms with Gasteiger partial charge in [-0.05, 0) is 69.1 Å². The number of benzene rings is 1. The molecule has 1 amide bonds. The summed E-state index contributed by atoms with van der Waals surface area (Å²) in [7, 11) is 2.25. The molecule has 2 aromatic rings. The number of nitrogens with zero attached hydrogens (tertiary/aromatic N) is 3. The van der Waals surface area contributed by atoms with Gasteiger partial charge >= 0.3 is 0 Å². The molecule has 1 aromatic carbocycles. The Kier molecular flexibility index (Phi) is 6.53. The highest BCUT2D eigenvalue weighted by atomic mass is 16.5. The van der Waals surface area contributed by atoms with Crippen molar-refractivity contribution in [1.82, 2.24) is 9.88 Å². The fraction of sp³-hybridized carbons (Fsp3) is 0.500. The van der Waals surface area contributed by atoms with E-state index in [-0.39, 0.29) is 5.91 Å². The number of amides is 1. The minimum Gasteiger partial charge on any atom is -0.494 e. The van der Waals surface area contributed by atoms with Crippen molar-refractivity contribution in [3.63, 3.8) is 0 Å². The molecular formula is C24H32N4O2. The van der Waals surface area contributed by atoms with Crippen LogP contribution in [0.25, 0.3) is 0 Å². The van der Waals surface area contributed by atoms with E-state index in [1.807, 2.05) is 24.3 Å². The van der Waals surface area contributed by atoms with Crippen LogP contribution in [-0.2, 0) is 0 Å². The van der Waals surface area contributed by atoms with Crippen LogP contribution in [0.4, 0.5) is 11.5 Å². The normalized spacial score (nSPS) is 18.6. The Hall–Kier alpha value is -2.60. The Balaban J connectivity index is 1.29. The number of carbonyl (C=O) groups is 1. The van der Waals surface area contributed by atoms with E-state index in [1.54, 1.807) is 18.3 Å². The number of aromatic nitrogens is 1. The second-order valence-corrected chi connectivity index (χ2v) is 8.37. The first-order valence-corrected chi connectivity index (χ1v) is 11.1. The number of pyridine rings is 1. The van der Waals surface area contributed by atoms with Crippen LogP contribution in [0.2, 0.25) is 0 Å². The number of likely N-dealkylation sites (N-methyl/N-ethyl adjacent to an activating group) is 1. The quantitative estimate of drug-likeness (QED) is 0.631. The molecule has 0 spiro atoms. The topological polar surface area (TPSA) is 57.7 Å². The summed E-state index contributed by atoms with van der Waals surface area (Å²) >= 11 is 0. The maximum Gasteiger partial charge on any atom is 0.255 e. The lowest BCUT2D eigenvalue weighted by molar-refractivity contribution is 0.102. The van der Waals surface area contributed by atoms with Gasteiger partial charge < -0.3 is 15.0 Å². The van der Waals surface area contributed by atoms with Crippen LogP contribution in [-0.4, -0.2) is 54.6 Å². The van der Waals surface area contributed by atoms with Gasteiger partial charge in [0, 0.05) is 30.7 Å². The van der Waals surface area contributed by atoms with Gasteiger partial charge in [-0.3, -0.25) is 9.69 Å².